The van der Waals surface area contributed by atoms with Gasteiger partial charge in [-0.25, -0.2) is 0 Å². The smallest absolute Gasteiger partial charge is 0.0462 e. The quantitative estimate of drug-likeness (QED) is 0.175. The number of benzene rings is 8. The van der Waals surface area contributed by atoms with Crippen LogP contribution in [0.15, 0.2) is 188 Å². The van der Waals surface area contributed by atoms with Crippen LogP contribution in [0.3, 0.4) is 0 Å². The number of hydrogen-bond donors (Lipinski definition) is 0. The Morgan fingerprint density at radius 2 is 0.740 bits per heavy atom. The molecule has 0 radical (unpaired) electrons. The first kappa shape index (κ1) is 29.9. The van der Waals surface area contributed by atoms with E-state index in [-0.39, 0.29) is 5.41 Å². The highest BCUT2D eigenvalue weighted by Crippen LogP contribution is 2.51. The van der Waals surface area contributed by atoms with Gasteiger partial charge in [0.2, 0.25) is 0 Å². The largest absolute Gasteiger partial charge is 0.311 e. The Labute approximate surface area is 294 Å². The highest BCUT2D eigenvalue weighted by atomic mass is 15.1. The molecule has 0 amide bonds. The number of hydrogen-bond acceptors (Lipinski definition) is 1. The molecular weight excluding hydrogens is 603 g/mol. The zero-order valence-electron chi connectivity index (χ0n) is 28.3. The first-order chi connectivity index (χ1) is 24.5. The maximum Gasteiger partial charge on any atom is 0.0462 e. The molecule has 0 spiro atoms. The van der Waals surface area contributed by atoms with Gasteiger partial charge in [-0.2, -0.15) is 0 Å². The fourth-order valence-electron chi connectivity index (χ4n) is 7.82. The lowest BCUT2D eigenvalue weighted by Crippen LogP contribution is -2.15. The SMILES string of the molecule is CC1(C)c2cc(-c3ccc(N(c4ccccc4)c4ccccc4)cc3)ccc2-c2ccc(-c3cc4ccccc4cc3-c3ccccc3)cc21. The average Bonchev–Trinajstić information content (AvgIpc) is 3.40. The van der Waals surface area contributed by atoms with Crippen LogP contribution in [0.1, 0.15) is 25.0 Å². The predicted octanol–water partition coefficient (Wildman–Crippen LogP) is 13.6. The van der Waals surface area contributed by atoms with Crippen molar-refractivity contribution in [3.05, 3.63) is 199 Å². The molecule has 9 rings (SSSR count). The number of rotatable bonds is 6. The van der Waals surface area contributed by atoms with E-state index in [1.165, 1.54) is 66.4 Å². The molecule has 8 aromatic carbocycles. The lowest BCUT2D eigenvalue weighted by atomic mass is 9.80. The Morgan fingerprint density at radius 1 is 0.320 bits per heavy atom. The molecule has 8 aromatic rings. The van der Waals surface area contributed by atoms with Crippen LogP contribution in [-0.2, 0) is 5.41 Å². The van der Waals surface area contributed by atoms with E-state index in [9.17, 15) is 0 Å². The topological polar surface area (TPSA) is 3.24 Å². The van der Waals surface area contributed by atoms with E-state index >= 15 is 0 Å². The van der Waals surface area contributed by atoms with E-state index in [1.807, 2.05) is 0 Å². The van der Waals surface area contributed by atoms with Crippen molar-refractivity contribution in [3.8, 4) is 44.5 Å². The third-order valence-electron chi connectivity index (χ3n) is 10.4. The fraction of sp³-hybridized carbons (Fsp3) is 0.0612. The Kier molecular flexibility index (Phi) is 7.21. The maximum absolute atomic E-state index is 2.45. The summed E-state index contributed by atoms with van der Waals surface area (Å²) in [6.07, 6.45) is 0. The van der Waals surface area contributed by atoms with Gasteiger partial charge in [0.05, 0.1) is 0 Å². The molecule has 0 N–H and O–H groups in total. The summed E-state index contributed by atoms with van der Waals surface area (Å²) in [6, 6.07) is 68.5. The van der Waals surface area contributed by atoms with Crippen LogP contribution >= 0.6 is 0 Å². The van der Waals surface area contributed by atoms with E-state index in [4.69, 9.17) is 0 Å². The summed E-state index contributed by atoms with van der Waals surface area (Å²) in [4.78, 5) is 2.31. The van der Waals surface area contributed by atoms with E-state index in [0.29, 0.717) is 0 Å². The van der Waals surface area contributed by atoms with Crippen molar-refractivity contribution in [1.82, 2.24) is 0 Å². The minimum atomic E-state index is -0.141. The Morgan fingerprint density at radius 3 is 1.30 bits per heavy atom. The first-order valence-electron chi connectivity index (χ1n) is 17.4. The molecule has 1 aliphatic rings. The van der Waals surface area contributed by atoms with Gasteiger partial charge in [0, 0.05) is 22.5 Å². The third-order valence-corrected chi connectivity index (χ3v) is 10.4. The van der Waals surface area contributed by atoms with Crippen LogP contribution in [0, 0.1) is 0 Å². The van der Waals surface area contributed by atoms with Crippen LogP contribution in [0.25, 0.3) is 55.3 Å². The maximum atomic E-state index is 2.45. The van der Waals surface area contributed by atoms with E-state index in [1.54, 1.807) is 0 Å². The second kappa shape index (κ2) is 12.1. The summed E-state index contributed by atoms with van der Waals surface area (Å²) >= 11 is 0. The molecular formula is C49H37N. The van der Waals surface area contributed by atoms with Gasteiger partial charge in [-0.1, -0.05) is 141 Å². The number of para-hydroxylation sites is 2. The Hall–Kier alpha value is -6.18. The summed E-state index contributed by atoms with van der Waals surface area (Å²) < 4.78 is 0. The standard InChI is InChI=1S/C49H37N/c1-49(2)47-32-38(34-22-26-42(27-23-34)50(40-18-8-4-9-19-40)41-20-10-5-11-21-41)24-28-43(47)44-29-25-39(33-48(44)49)46-31-37-17-13-12-16-36(37)30-45(46)35-14-6-3-7-15-35/h3-33H,1-2H3. The van der Waals surface area contributed by atoms with Crippen molar-refractivity contribution in [2.75, 3.05) is 4.90 Å². The molecule has 1 nitrogen and oxygen atoms in total. The molecule has 0 atom stereocenters. The second-order valence-electron chi connectivity index (χ2n) is 13.8. The second-order valence-corrected chi connectivity index (χ2v) is 13.8. The monoisotopic (exact) mass is 639 g/mol. The van der Waals surface area contributed by atoms with Gasteiger partial charge in [-0.3, -0.25) is 0 Å². The minimum absolute atomic E-state index is 0.141. The molecule has 0 aromatic heterocycles. The van der Waals surface area contributed by atoms with Crippen molar-refractivity contribution >= 4 is 27.8 Å². The summed E-state index contributed by atoms with van der Waals surface area (Å²) in [5.41, 5.74) is 16.2. The van der Waals surface area contributed by atoms with Gasteiger partial charge in [0.25, 0.3) is 0 Å². The van der Waals surface area contributed by atoms with Crippen molar-refractivity contribution < 1.29 is 0 Å². The van der Waals surface area contributed by atoms with Crippen molar-refractivity contribution in [2.24, 2.45) is 0 Å². The molecule has 238 valence electrons. The average molecular weight is 640 g/mol. The fourth-order valence-corrected chi connectivity index (χ4v) is 7.82. The van der Waals surface area contributed by atoms with Crippen molar-refractivity contribution in [1.29, 1.82) is 0 Å². The molecule has 50 heavy (non-hydrogen) atoms. The molecule has 0 fully saturated rings. The van der Waals surface area contributed by atoms with Gasteiger partial charge in [0.15, 0.2) is 0 Å². The Balaban J connectivity index is 1.08. The summed E-state index contributed by atoms with van der Waals surface area (Å²) in [5, 5.41) is 2.52. The highest BCUT2D eigenvalue weighted by molar-refractivity contribution is 5.97. The number of fused-ring (bicyclic) bond motifs is 4. The van der Waals surface area contributed by atoms with Gasteiger partial charge in [-0.05, 0) is 127 Å². The molecule has 0 unspecified atom stereocenters. The zero-order valence-corrected chi connectivity index (χ0v) is 28.3. The van der Waals surface area contributed by atoms with Crippen LogP contribution in [-0.4, -0.2) is 0 Å². The molecule has 1 heteroatoms. The normalized spacial score (nSPS) is 12.8. The number of anilines is 3. The van der Waals surface area contributed by atoms with Crippen molar-refractivity contribution in [2.45, 2.75) is 19.3 Å². The van der Waals surface area contributed by atoms with Gasteiger partial charge >= 0.3 is 0 Å². The molecule has 0 saturated heterocycles. The van der Waals surface area contributed by atoms with Crippen LogP contribution in [0.2, 0.25) is 0 Å². The first-order valence-corrected chi connectivity index (χ1v) is 17.4. The molecule has 0 heterocycles. The Bertz CT molecular complexity index is 2440. The molecule has 0 aliphatic heterocycles. The van der Waals surface area contributed by atoms with Gasteiger partial charge in [0.1, 0.15) is 0 Å². The van der Waals surface area contributed by atoms with Gasteiger partial charge in [-0.15, -0.1) is 0 Å². The van der Waals surface area contributed by atoms with Crippen LogP contribution in [0.5, 0.6) is 0 Å². The third kappa shape index (κ3) is 5.11. The summed E-state index contributed by atoms with van der Waals surface area (Å²) in [7, 11) is 0. The zero-order chi connectivity index (χ0) is 33.7. The van der Waals surface area contributed by atoms with E-state index in [2.05, 4.69) is 207 Å². The molecule has 1 aliphatic carbocycles. The lowest BCUT2D eigenvalue weighted by molar-refractivity contribution is 0.661. The van der Waals surface area contributed by atoms with Gasteiger partial charge < -0.3 is 4.90 Å². The summed E-state index contributed by atoms with van der Waals surface area (Å²) in [5.74, 6) is 0. The molecule has 0 saturated carbocycles. The van der Waals surface area contributed by atoms with Crippen LogP contribution < -0.4 is 4.90 Å². The van der Waals surface area contributed by atoms with Crippen molar-refractivity contribution in [3.63, 3.8) is 0 Å². The lowest BCUT2D eigenvalue weighted by Gasteiger charge is -2.25. The number of nitrogens with zero attached hydrogens (tertiary/aromatic N) is 1. The van der Waals surface area contributed by atoms with Crippen LogP contribution in [0.4, 0.5) is 17.1 Å². The predicted molar refractivity (Wildman–Crippen MR) is 213 cm³/mol. The van der Waals surface area contributed by atoms with E-state index < -0.39 is 0 Å². The molecule has 0 bridgehead atoms. The highest BCUT2D eigenvalue weighted by Gasteiger charge is 2.36. The summed E-state index contributed by atoms with van der Waals surface area (Å²) in [6.45, 7) is 4.76. The minimum Gasteiger partial charge on any atom is -0.311 e. The van der Waals surface area contributed by atoms with E-state index in [0.717, 1.165) is 17.1 Å².